The summed E-state index contributed by atoms with van der Waals surface area (Å²) in [5.74, 6) is -0.200. The van der Waals surface area contributed by atoms with Crippen molar-refractivity contribution in [2.45, 2.75) is 38.5 Å². The fourth-order valence-corrected chi connectivity index (χ4v) is 6.73. The average molecular weight is 585 g/mol. The summed E-state index contributed by atoms with van der Waals surface area (Å²) in [6.07, 6.45) is 6.20. The number of anilines is 2. The molecule has 0 spiro atoms. The van der Waals surface area contributed by atoms with E-state index in [9.17, 15) is 4.79 Å². The predicted molar refractivity (Wildman–Crippen MR) is 144 cm³/mol. The van der Waals surface area contributed by atoms with Crippen LogP contribution < -0.4 is 11.1 Å². The molecule has 0 fully saturated rings. The highest BCUT2D eigenvalue weighted by atomic mass is 79.9. The average Bonchev–Trinajstić information content (AvgIpc) is 3.16. The first kappa shape index (κ1) is 22.6. The Balaban J connectivity index is 1.51. The minimum atomic E-state index is -0.200. The Labute approximate surface area is 213 Å². The van der Waals surface area contributed by atoms with Gasteiger partial charge in [-0.2, -0.15) is 0 Å². The number of pyridine rings is 1. The fourth-order valence-electron chi connectivity index (χ4n) is 4.54. The Hall–Kier alpha value is -2.22. The smallest absolute Gasteiger partial charge is 0.267 e. The van der Waals surface area contributed by atoms with E-state index in [1.807, 2.05) is 24.3 Å². The molecule has 2 aromatic carbocycles. The molecular weight excluding hydrogens is 562 g/mol. The molecule has 2 aromatic heterocycles. The molecule has 0 unspecified atom stereocenters. The van der Waals surface area contributed by atoms with Crippen LogP contribution in [-0.2, 0) is 25.7 Å². The summed E-state index contributed by atoms with van der Waals surface area (Å²) >= 11 is 8.35. The summed E-state index contributed by atoms with van der Waals surface area (Å²) in [6.45, 7) is 0. The second-order valence-electron chi connectivity index (χ2n) is 8.31. The van der Waals surface area contributed by atoms with Crippen LogP contribution in [0.3, 0.4) is 0 Å². The summed E-state index contributed by atoms with van der Waals surface area (Å²) in [7, 11) is 0. The molecule has 4 aromatic rings. The molecule has 0 saturated heterocycles. The van der Waals surface area contributed by atoms with Gasteiger partial charge in [-0.05, 0) is 89.3 Å². The number of thiophene rings is 1. The van der Waals surface area contributed by atoms with E-state index in [1.54, 1.807) is 0 Å². The van der Waals surface area contributed by atoms with E-state index in [0.717, 1.165) is 57.0 Å². The maximum Gasteiger partial charge on any atom is 0.267 e. The van der Waals surface area contributed by atoms with Crippen molar-refractivity contribution < 1.29 is 4.79 Å². The Bertz CT molecular complexity index is 1350. The number of benzene rings is 2. The van der Waals surface area contributed by atoms with Crippen LogP contribution in [0.2, 0.25) is 0 Å². The number of hydrogen-bond acceptors (Lipinski definition) is 4. The van der Waals surface area contributed by atoms with Crippen molar-refractivity contribution in [3.63, 3.8) is 0 Å². The first-order valence-corrected chi connectivity index (χ1v) is 13.4. The lowest BCUT2D eigenvalue weighted by molar-refractivity contribution is 0.103. The number of carbonyl (C=O) groups excluding carboxylic acids is 1. The number of fused-ring (bicyclic) bond motifs is 3. The number of nitrogens with zero attached hydrogens (tertiary/aromatic N) is 1. The largest absolute Gasteiger partial charge is 0.397 e. The van der Waals surface area contributed by atoms with E-state index in [4.69, 9.17) is 10.7 Å². The van der Waals surface area contributed by atoms with Crippen molar-refractivity contribution >= 4 is 70.7 Å². The molecule has 33 heavy (non-hydrogen) atoms. The standard InChI is InChI=1S/C26H23Br2N3OS/c27-16-11-13-21(19(28)14-16)30-25(32)24-23(29)22-18-9-5-4-8-17(18)20(31-26(22)33-24)12-10-15-6-2-1-3-7-15/h1-3,6-7,11,13-14H,4-5,8-10,12,29H2,(H,30,32). The van der Waals surface area contributed by atoms with Crippen LogP contribution in [0.4, 0.5) is 11.4 Å². The Morgan fingerprint density at radius 1 is 1.03 bits per heavy atom. The molecular formula is C26H23Br2N3OS. The number of amides is 1. The summed E-state index contributed by atoms with van der Waals surface area (Å²) in [6, 6.07) is 16.2. The Kier molecular flexibility index (Phi) is 6.54. The fraction of sp³-hybridized carbons (Fsp3) is 0.231. The van der Waals surface area contributed by atoms with Crippen LogP contribution in [0, 0.1) is 0 Å². The van der Waals surface area contributed by atoms with Crippen molar-refractivity contribution in [3.8, 4) is 0 Å². The molecule has 7 heteroatoms. The minimum absolute atomic E-state index is 0.200. The highest BCUT2D eigenvalue weighted by Crippen LogP contribution is 2.40. The lowest BCUT2D eigenvalue weighted by atomic mass is 9.87. The topological polar surface area (TPSA) is 68.0 Å². The molecule has 0 radical (unpaired) electrons. The van der Waals surface area contributed by atoms with Crippen LogP contribution in [-0.4, -0.2) is 10.9 Å². The number of rotatable bonds is 5. The van der Waals surface area contributed by atoms with E-state index in [-0.39, 0.29) is 5.91 Å². The third-order valence-electron chi connectivity index (χ3n) is 6.16. The summed E-state index contributed by atoms with van der Waals surface area (Å²) in [4.78, 5) is 19.6. The summed E-state index contributed by atoms with van der Waals surface area (Å²) in [5.41, 5.74) is 13.0. The van der Waals surface area contributed by atoms with Crippen molar-refractivity contribution in [2.24, 2.45) is 0 Å². The van der Waals surface area contributed by atoms with Gasteiger partial charge in [0.15, 0.2) is 0 Å². The molecule has 4 nitrogen and oxygen atoms in total. The number of aryl methyl sites for hydroxylation is 3. The molecule has 1 amide bonds. The van der Waals surface area contributed by atoms with E-state index in [0.29, 0.717) is 16.3 Å². The van der Waals surface area contributed by atoms with Crippen LogP contribution in [0.25, 0.3) is 10.2 Å². The molecule has 1 aliphatic carbocycles. The third kappa shape index (κ3) is 4.59. The summed E-state index contributed by atoms with van der Waals surface area (Å²) < 4.78 is 1.75. The number of carbonyl (C=O) groups is 1. The normalized spacial score (nSPS) is 13.2. The Morgan fingerprint density at radius 2 is 1.79 bits per heavy atom. The Morgan fingerprint density at radius 3 is 2.55 bits per heavy atom. The molecule has 0 bridgehead atoms. The lowest BCUT2D eigenvalue weighted by Crippen LogP contribution is -2.13. The van der Waals surface area contributed by atoms with Crippen molar-refractivity contribution in [2.75, 3.05) is 11.1 Å². The second kappa shape index (κ2) is 9.57. The SMILES string of the molecule is Nc1c(C(=O)Nc2ccc(Br)cc2Br)sc2nc(CCc3ccccc3)c3c(c12)CCCC3. The van der Waals surface area contributed by atoms with Crippen molar-refractivity contribution in [1.82, 2.24) is 4.98 Å². The molecule has 2 heterocycles. The van der Waals surface area contributed by atoms with Gasteiger partial charge in [0.1, 0.15) is 9.71 Å². The number of nitrogens with one attached hydrogen (secondary N) is 1. The van der Waals surface area contributed by atoms with Gasteiger partial charge >= 0.3 is 0 Å². The van der Waals surface area contributed by atoms with Gasteiger partial charge in [0.05, 0.1) is 11.4 Å². The molecule has 168 valence electrons. The van der Waals surface area contributed by atoms with Gasteiger partial charge in [-0.15, -0.1) is 11.3 Å². The predicted octanol–water partition coefficient (Wildman–Crippen LogP) is 7.32. The van der Waals surface area contributed by atoms with Crippen LogP contribution in [0.5, 0.6) is 0 Å². The number of nitrogen functional groups attached to an aromatic ring is 1. The van der Waals surface area contributed by atoms with Gasteiger partial charge in [-0.3, -0.25) is 4.79 Å². The number of halogens is 2. The molecule has 5 rings (SSSR count). The zero-order chi connectivity index (χ0) is 22.9. The van der Waals surface area contributed by atoms with E-state index in [1.165, 1.54) is 34.4 Å². The number of nitrogens with two attached hydrogens (primary N) is 1. The maximum absolute atomic E-state index is 13.2. The highest BCUT2D eigenvalue weighted by Gasteiger charge is 2.25. The monoisotopic (exact) mass is 583 g/mol. The van der Waals surface area contributed by atoms with Gasteiger partial charge in [-0.1, -0.05) is 46.3 Å². The molecule has 0 aliphatic heterocycles. The molecule has 0 saturated carbocycles. The quantitative estimate of drug-likeness (QED) is 0.258. The molecule has 3 N–H and O–H groups in total. The second-order valence-corrected chi connectivity index (χ2v) is 11.1. The first-order chi connectivity index (χ1) is 16.0. The van der Waals surface area contributed by atoms with Gasteiger partial charge in [0.2, 0.25) is 0 Å². The number of aromatic nitrogens is 1. The van der Waals surface area contributed by atoms with E-state index in [2.05, 4.69) is 61.4 Å². The van der Waals surface area contributed by atoms with Gasteiger partial charge in [-0.25, -0.2) is 4.98 Å². The van der Waals surface area contributed by atoms with E-state index >= 15 is 0 Å². The van der Waals surface area contributed by atoms with Gasteiger partial charge < -0.3 is 11.1 Å². The van der Waals surface area contributed by atoms with Gasteiger partial charge in [0.25, 0.3) is 5.91 Å². The molecule has 1 aliphatic rings. The lowest BCUT2D eigenvalue weighted by Gasteiger charge is -2.20. The van der Waals surface area contributed by atoms with E-state index < -0.39 is 0 Å². The maximum atomic E-state index is 13.2. The zero-order valence-corrected chi connectivity index (χ0v) is 21.9. The van der Waals surface area contributed by atoms with Crippen LogP contribution >= 0.6 is 43.2 Å². The number of hydrogen-bond donors (Lipinski definition) is 2. The van der Waals surface area contributed by atoms with Gasteiger partial charge in [0, 0.05) is 20.0 Å². The van der Waals surface area contributed by atoms with Crippen molar-refractivity contribution in [3.05, 3.63) is 84.7 Å². The first-order valence-electron chi connectivity index (χ1n) is 11.0. The van der Waals surface area contributed by atoms with Crippen molar-refractivity contribution in [1.29, 1.82) is 0 Å². The highest BCUT2D eigenvalue weighted by molar-refractivity contribution is 9.11. The molecule has 0 atom stereocenters. The third-order valence-corrected chi connectivity index (χ3v) is 8.41. The van der Waals surface area contributed by atoms with Crippen LogP contribution in [0.1, 0.15) is 44.9 Å². The minimum Gasteiger partial charge on any atom is -0.397 e. The van der Waals surface area contributed by atoms with Crippen LogP contribution in [0.15, 0.2) is 57.5 Å². The summed E-state index contributed by atoms with van der Waals surface area (Å²) in [5, 5.41) is 3.98. The zero-order valence-electron chi connectivity index (χ0n) is 18.0.